The standard InChI is InChI=1S/C12H9FN2O2/c13-9-6-4-8(5-7-9)12(17)15-10-2-1-3-11(16)14-10/h1-7H,(H2,14,15,16,17). The number of carbonyl (C=O) groups excluding carboxylic acids is 1. The Balaban J connectivity index is 2.17. The molecular formula is C12H9FN2O2. The number of H-pyrrole nitrogens is 1. The van der Waals surface area contributed by atoms with Crippen molar-refractivity contribution in [1.29, 1.82) is 0 Å². The molecule has 1 heterocycles. The van der Waals surface area contributed by atoms with Gasteiger partial charge in [-0.1, -0.05) is 6.07 Å². The second-order valence-electron chi connectivity index (χ2n) is 3.39. The third-order valence-corrected chi connectivity index (χ3v) is 2.12. The van der Waals surface area contributed by atoms with Crippen molar-refractivity contribution in [2.24, 2.45) is 0 Å². The van der Waals surface area contributed by atoms with Crippen molar-refractivity contribution in [3.05, 3.63) is 64.2 Å². The van der Waals surface area contributed by atoms with Crippen LogP contribution in [0.4, 0.5) is 10.2 Å². The monoisotopic (exact) mass is 232 g/mol. The van der Waals surface area contributed by atoms with E-state index in [0.717, 1.165) is 0 Å². The Morgan fingerprint density at radius 3 is 2.47 bits per heavy atom. The van der Waals surface area contributed by atoms with E-state index in [9.17, 15) is 14.0 Å². The molecule has 0 radical (unpaired) electrons. The normalized spacial score (nSPS) is 9.94. The molecule has 1 amide bonds. The van der Waals surface area contributed by atoms with Crippen LogP contribution < -0.4 is 10.9 Å². The summed E-state index contributed by atoms with van der Waals surface area (Å²) in [6.07, 6.45) is 0. The quantitative estimate of drug-likeness (QED) is 0.828. The van der Waals surface area contributed by atoms with E-state index < -0.39 is 11.7 Å². The molecule has 0 aliphatic carbocycles. The van der Waals surface area contributed by atoms with Crippen LogP contribution in [-0.2, 0) is 0 Å². The minimum atomic E-state index is -0.410. The van der Waals surface area contributed by atoms with Gasteiger partial charge in [0.05, 0.1) is 0 Å². The maximum absolute atomic E-state index is 12.7. The van der Waals surface area contributed by atoms with E-state index in [1.807, 2.05) is 0 Å². The van der Waals surface area contributed by atoms with Gasteiger partial charge in [-0.2, -0.15) is 0 Å². The van der Waals surface area contributed by atoms with Gasteiger partial charge in [-0.05, 0) is 30.3 Å². The van der Waals surface area contributed by atoms with E-state index in [0.29, 0.717) is 11.4 Å². The first kappa shape index (κ1) is 11.1. The third kappa shape index (κ3) is 2.78. The van der Waals surface area contributed by atoms with Crippen LogP contribution in [0.5, 0.6) is 0 Å². The van der Waals surface area contributed by atoms with Crippen molar-refractivity contribution in [2.75, 3.05) is 5.32 Å². The molecule has 86 valence electrons. The lowest BCUT2D eigenvalue weighted by atomic mass is 10.2. The number of halogens is 1. The molecule has 0 bridgehead atoms. The summed E-state index contributed by atoms with van der Waals surface area (Å²) in [7, 11) is 0. The summed E-state index contributed by atoms with van der Waals surface area (Å²) in [6.45, 7) is 0. The predicted molar refractivity (Wildman–Crippen MR) is 61.4 cm³/mol. The van der Waals surface area contributed by atoms with E-state index in [1.54, 1.807) is 6.07 Å². The topological polar surface area (TPSA) is 62.0 Å². The van der Waals surface area contributed by atoms with E-state index >= 15 is 0 Å². The Labute approximate surface area is 96.1 Å². The summed E-state index contributed by atoms with van der Waals surface area (Å²) in [6, 6.07) is 9.55. The molecule has 1 aromatic carbocycles. The van der Waals surface area contributed by atoms with Gasteiger partial charge >= 0.3 is 0 Å². The number of aromatic nitrogens is 1. The van der Waals surface area contributed by atoms with Gasteiger partial charge in [0, 0.05) is 11.6 Å². The molecular weight excluding hydrogens is 223 g/mol. The van der Waals surface area contributed by atoms with Gasteiger partial charge in [0.1, 0.15) is 11.6 Å². The zero-order chi connectivity index (χ0) is 12.3. The molecule has 0 aliphatic heterocycles. The molecule has 0 aliphatic rings. The average Bonchev–Trinajstić information content (AvgIpc) is 2.29. The van der Waals surface area contributed by atoms with E-state index in [1.165, 1.54) is 36.4 Å². The molecule has 0 atom stereocenters. The highest BCUT2D eigenvalue weighted by Crippen LogP contribution is 2.06. The highest BCUT2D eigenvalue weighted by molar-refractivity contribution is 6.03. The van der Waals surface area contributed by atoms with E-state index in [-0.39, 0.29) is 5.56 Å². The highest BCUT2D eigenvalue weighted by Gasteiger charge is 2.05. The molecule has 4 nitrogen and oxygen atoms in total. The van der Waals surface area contributed by atoms with Gasteiger partial charge in [0.25, 0.3) is 5.91 Å². The van der Waals surface area contributed by atoms with Crippen LogP contribution in [0.3, 0.4) is 0 Å². The maximum atomic E-state index is 12.7. The fraction of sp³-hybridized carbons (Fsp3) is 0. The molecule has 2 aromatic rings. The van der Waals surface area contributed by atoms with Crippen molar-refractivity contribution in [1.82, 2.24) is 4.98 Å². The van der Waals surface area contributed by atoms with Gasteiger partial charge in [0.15, 0.2) is 0 Å². The SMILES string of the molecule is O=C(Nc1cccc(=O)[nH]1)c1ccc(F)cc1. The number of rotatable bonds is 2. The zero-order valence-electron chi connectivity index (χ0n) is 8.74. The molecule has 1 aromatic heterocycles. The van der Waals surface area contributed by atoms with Crippen molar-refractivity contribution < 1.29 is 9.18 Å². The minimum Gasteiger partial charge on any atom is -0.309 e. The number of amides is 1. The number of hydrogen-bond acceptors (Lipinski definition) is 2. The molecule has 0 spiro atoms. The zero-order valence-corrected chi connectivity index (χ0v) is 8.74. The number of nitrogens with one attached hydrogen (secondary N) is 2. The van der Waals surface area contributed by atoms with Crippen molar-refractivity contribution in [3.63, 3.8) is 0 Å². The van der Waals surface area contributed by atoms with Crippen LogP contribution in [0.2, 0.25) is 0 Å². The molecule has 2 rings (SSSR count). The molecule has 0 saturated heterocycles. The first-order chi connectivity index (χ1) is 8.15. The fourth-order valence-corrected chi connectivity index (χ4v) is 1.32. The first-order valence-corrected chi connectivity index (χ1v) is 4.91. The summed E-state index contributed by atoms with van der Waals surface area (Å²) < 4.78 is 12.7. The number of aromatic amines is 1. The summed E-state index contributed by atoms with van der Waals surface area (Å²) in [5.74, 6) is -0.520. The van der Waals surface area contributed by atoms with Crippen LogP contribution >= 0.6 is 0 Å². The number of carbonyl (C=O) groups is 1. The average molecular weight is 232 g/mol. The van der Waals surface area contributed by atoms with Crippen LogP contribution in [0, 0.1) is 5.82 Å². The van der Waals surface area contributed by atoms with Gasteiger partial charge < -0.3 is 10.3 Å². The Bertz CT molecular complexity index is 590. The third-order valence-electron chi connectivity index (χ3n) is 2.12. The Hall–Kier alpha value is -2.43. The molecule has 0 saturated carbocycles. The summed E-state index contributed by atoms with van der Waals surface area (Å²) in [5, 5.41) is 2.50. The van der Waals surface area contributed by atoms with Crippen molar-refractivity contribution in [3.8, 4) is 0 Å². The Kier molecular flexibility index (Phi) is 3.00. The lowest BCUT2D eigenvalue weighted by Gasteiger charge is -2.04. The number of pyridine rings is 1. The Morgan fingerprint density at radius 1 is 1.12 bits per heavy atom. The summed E-state index contributed by atoms with van der Waals surface area (Å²) in [5.41, 5.74) is 0.0120. The largest absolute Gasteiger partial charge is 0.309 e. The molecule has 0 unspecified atom stereocenters. The smallest absolute Gasteiger partial charge is 0.256 e. The van der Waals surface area contributed by atoms with Gasteiger partial charge in [-0.15, -0.1) is 0 Å². The maximum Gasteiger partial charge on any atom is 0.256 e. The lowest BCUT2D eigenvalue weighted by Crippen LogP contribution is -2.15. The minimum absolute atomic E-state index is 0.298. The van der Waals surface area contributed by atoms with Crippen LogP contribution in [-0.4, -0.2) is 10.9 Å². The number of hydrogen-bond donors (Lipinski definition) is 2. The fourth-order valence-electron chi connectivity index (χ4n) is 1.32. The van der Waals surface area contributed by atoms with Crippen LogP contribution in [0.15, 0.2) is 47.3 Å². The first-order valence-electron chi connectivity index (χ1n) is 4.91. The van der Waals surface area contributed by atoms with E-state index in [2.05, 4.69) is 10.3 Å². The van der Waals surface area contributed by atoms with E-state index in [4.69, 9.17) is 0 Å². The number of benzene rings is 1. The van der Waals surface area contributed by atoms with Gasteiger partial charge in [0.2, 0.25) is 5.56 Å². The summed E-state index contributed by atoms with van der Waals surface area (Å²) >= 11 is 0. The predicted octanol–water partition coefficient (Wildman–Crippen LogP) is 1.77. The lowest BCUT2D eigenvalue weighted by molar-refractivity contribution is 0.102. The Morgan fingerprint density at radius 2 is 1.82 bits per heavy atom. The van der Waals surface area contributed by atoms with Crippen molar-refractivity contribution >= 4 is 11.7 Å². The van der Waals surface area contributed by atoms with Crippen LogP contribution in [0.1, 0.15) is 10.4 Å². The highest BCUT2D eigenvalue weighted by atomic mass is 19.1. The summed E-state index contributed by atoms with van der Waals surface area (Å²) in [4.78, 5) is 25.1. The second kappa shape index (κ2) is 4.61. The number of anilines is 1. The molecule has 2 N–H and O–H groups in total. The molecule has 5 heteroatoms. The second-order valence-corrected chi connectivity index (χ2v) is 3.39. The van der Waals surface area contributed by atoms with Crippen LogP contribution in [0.25, 0.3) is 0 Å². The molecule has 17 heavy (non-hydrogen) atoms. The van der Waals surface area contributed by atoms with Crippen molar-refractivity contribution in [2.45, 2.75) is 0 Å². The van der Waals surface area contributed by atoms with Gasteiger partial charge in [-0.3, -0.25) is 9.59 Å². The van der Waals surface area contributed by atoms with Gasteiger partial charge in [-0.25, -0.2) is 4.39 Å². The molecule has 0 fully saturated rings.